The second kappa shape index (κ2) is 8.54. The number of hydrogen-bond acceptors (Lipinski definition) is 9. The first kappa shape index (κ1) is 25.2. The summed E-state index contributed by atoms with van der Waals surface area (Å²) in [6.07, 6.45) is 0.0486. The number of thiophene rings is 1. The summed E-state index contributed by atoms with van der Waals surface area (Å²) < 4.78 is 0. The van der Waals surface area contributed by atoms with Gasteiger partial charge in [-0.05, 0) is 74.5 Å². The largest absolute Gasteiger partial charge is 0.510 e. The lowest BCUT2D eigenvalue weighted by Gasteiger charge is -2.51. The fraction of sp³-hybridized carbons (Fsp3) is 0.370. The number of Topliss-reactive ketones (excluding diaryl/α,β-unsaturated/α-hetero) is 2. The Morgan fingerprint density at radius 3 is 2.49 bits per heavy atom. The van der Waals surface area contributed by atoms with E-state index < -0.39 is 47.3 Å². The molecule has 1 amide bonds. The number of phenols is 1. The number of amides is 1. The summed E-state index contributed by atoms with van der Waals surface area (Å²) in [5.74, 6) is -4.01. The number of likely N-dealkylation sites (N-methyl/N-ethyl adjacent to an activating group) is 1. The topological polar surface area (TPSA) is 161 Å². The quantitative estimate of drug-likeness (QED) is 0.382. The van der Waals surface area contributed by atoms with E-state index in [1.54, 1.807) is 36.5 Å². The first-order chi connectivity index (χ1) is 17.4. The summed E-state index contributed by atoms with van der Waals surface area (Å²) >= 11 is 1.36. The molecular weight excluding hydrogens is 496 g/mol. The number of allylic oxidation sites excluding steroid dienone is 1. The van der Waals surface area contributed by atoms with Crippen LogP contribution >= 0.6 is 11.3 Å². The van der Waals surface area contributed by atoms with Crippen molar-refractivity contribution in [3.63, 3.8) is 0 Å². The Morgan fingerprint density at radius 2 is 1.86 bits per heavy atom. The zero-order valence-corrected chi connectivity index (χ0v) is 21.4. The molecule has 0 aliphatic heterocycles. The van der Waals surface area contributed by atoms with Crippen LogP contribution in [0.1, 0.15) is 46.0 Å². The zero-order chi connectivity index (χ0) is 27.0. The van der Waals surface area contributed by atoms with Crippen LogP contribution in [0.25, 0.3) is 10.4 Å². The van der Waals surface area contributed by atoms with Crippen molar-refractivity contribution < 1.29 is 34.8 Å². The highest BCUT2D eigenvalue weighted by Crippen LogP contribution is 2.54. The predicted molar refractivity (Wildman–Crippen MR) is 137 cm³/mol. The molecule has 37 heavy (non-hydrogen) atoms. The van der Waals surface area contributed by atoms with Crippen LogP contribution in [0.3, 0.4) is 0 Å². The third-order valence-electron chi connectivity index (χ3n) is 8.00. The predicted octanol–water partition coefficient (Wildman–Crippen LogP) is 2.87. The maximum atomic E-state index is 13.8. The standard InChI is InChI=1S/C27H28N2O7S/c1-11(30)13-6-7-37-24(13)14-4-5-18(31)20-15(14)8-12-9-17-21(29(2)3)22(32)16(26(28)35)10-27(17,36)25(34)19(12)23(20)33/h4-7,12,17,21,31-32,34,36H,8-10H2,1-3H3,(H2,28,35). The number of rotatable bonds is 4. The molecule has 3 aliphatic carbocycles. The summed E-state index contributed by atoms with van der Waals surface area (Å²) in [4.78, 5) is 40.5. The fourth-order valence-electron chi connectivity index (χ4n) is 6.34. The van der Waals surface area contributed by atoms with Crippen molar-refractivity contribution in [1.29, 1.82) is 0 Å². The Hall–Kier alpha value is -3.47. The van der Waals surface area contributed by atoms with E-state index in [1.165, 1.54) is 24.3 Å². The van der Waals surface area contributed by atoms with Crippen LogP contribution < -0.4 is 5.73 Å². The number of aliphatic hydroxyl groups excluding tert-OH is 2. The van der Waals surface area contributed by atoms with Crippen molar-refractivity contribution in [2.24, 2.45) is 17.6 Å². The van der Waals surface area contributed by atoms with E-state index in [4.69, 9.17) is 5.73 Å². The van der Waals surface area contributed by atoms with E-state index in [0.29, 0.717) is 21.6 Å². The molecule has 0 bridgehead atoms. The van der Waals surface area contributed by atoms with Gasteiger partial charge in [-0.1, -0.05) is 0 Å². The van der Waals surface area contributed by atoms with Gasteiger partial charge in [0.05, 0.1) is 17.2 Å². The van der Waals surface area contributed by atoms with Gasteiger partial charge in [-0.2, -0.15) is 0 Å². The molecule has 6 N–H and O–H groups in total. The number of nitrogens with zero attached hydrogens (tertiary/aromatic N) is 1. The fourth-order valence-corrected chi connectivity index (χ4v) is 7.34. The Balaban J connectivity index is 1.70. The molecular formula is C27H28N2O7S. The van der Waals surface area contributed by atoms with E-state index >= 15 is 0 Å². The number of nitrogens with two attached hydrogens (primary N) is 1. The summed E-state index contributed by atoms with van der Waals surface area (Å²) in [7, 11) is 3.36. The average molecular weight is 525 g/mol. The highest BCUT2D eigenvalue weighted by Gasteiger charge is 2.58. The molecule has 194 valence electrons. The van der Waals surface area contributed by atoms with Gasteiger partial charge in [0, 0.05) is 28.4 Å². The molecule has 2 aromatic rings. The number of phenolic OH excluding ortho intramolecular Hbond substituents is 1. The van der Waals surface area contributed by atoms with Gasteiger partial charge in [0.25, 0.3) is 0 Å². The number of benzene rings is 1. The van der Waals surface area contributed by atoms with E-state index in [2.05, 4.69) is 0 Å². The van der Waals surface area contributed by atoms with Gasteiger partial charge < -0.3 is 26.2 Å². The van der Waals surface area contributed by atoms with Crippen molar-refractivity contribution in [2.75, 3.05) is 14.1 Å². The molecule has 0 saturated heterocycles. The molecule has 3 aliphatic rings. The number of carbonyl (C=O) groups excluding carboxylic acids is 3. The number of hydrogen-bond donors (Lipinski definition) is 5. The number of fused-ring (bicyclic) bond motifs is 3. The molecule has 4 atom stereocenters. The lowest BCUT2D eigenvalue weighted by molar-refractivity contribution is -0.118. The van der Waals surface area contributed by atoms with Crippen molar-refractivity contribution in [2.45, 2.75) is 37.8 Å². The van der Waals surface area contributed by atoms with Gasteiger partial charge in [-0.15, -0.1) is 11.3 Å². The third-order valence-corrected chi connectivity index (χ3v) is 8.95. The maximum Gasteiger partial charge on any atom is 0.248 e. The van der Waals surface area contributed by atoms with Crippen LogP contribution in [0.15, 0.2) is 46.2 Å². The molecule has 5 rings (SSSR count). The van der Waals surface area contributed by atoms with Gasteiger partial charge in [0.15, 0.2) is 11.6 Å². The smallest absolute Gasteiger partial charge is 0.248 e. The molecule has 0 saturated carbocycles. The Morgan fingerprint density at radius 1 is 1.16 bits per heavy atom. The van der Waals surface area contributed by atoms with Crippen molar-refractivity contribution in [3.05, 3.63) is 62.9 Å². The van der Waals surface area contributed by atoms with Gasteiger partial charge in [-0.25, -0.2) is 0 Å². The third kappa shape index (κ3) is 3.54. The van der Waals surface area contributed by atoms with Gasteiger partial charge >= 0.3 is 0 Å². The molecule has 0 spiro atoms. The Bertz CT molecular complexity index is 1440. The van der Waals surface area contributed by atoms with Crippen LogP contribution in [0, 0.1) is 11.8 Å². The number of carbonyl (C=O) groups is 3. The van der Waals surface area contributed by atoms with Crippen molar-refractivity contribution in [1.82, 2.24) is 4.90 Å². The summed E-state index contributed by atoms with van der Waals surface area (Å²) in [6.45, 7) is 1.47. The molecule has 1 aromatic carbocycles. The summed E-state index contributed by atoms with van der Waals surface area (Å²) in [5, 5.41) is 46.6. The molecule has 4 unspecified atom stereocenters. The molecule has 0 radical (unpaired) electrons. The number of aromatic hydroxyl groups is 1. The Labute approximate surface area is 217 Å². The first-order valence-corrected chi connectivity index (χ1v) is 12.8. The van der Waals surface area contributed by atoms with Crippen LogP contribution in [-0.4, -0.2) is 68.5 Å². The number of aliphatic hydroxyl groups is 3. The minimum atomic E-state index is -2.01. The molecule has 9 nitrogen and oxygen atoms in total. The molecule has 0 fully saturated rings. The lowest BCUT2D eigenvalue weighted by atomic mass is 9.59. The minimum absolute atomic E-state index is 0.0145. The molecule has 10 heteroatoms. The van der Waals surface area contributed by atoms with Crippen LogP contribution in [0.4, 0.5) is 0 Å². The normalized spacial score (nSPS) is 27.2. The van der Waals surface area contributed by atoms with Crippen molar-refractivity contribution >= 4 is 28.8 Å². The lowest BCUT2D eigenvalue weighted by Crippen LogP contribution is -2.59. The summed E-state index contributed by atoms with van der Waals surface area (Å²) in [6, 6.07) is 3.97. The van der Waals surface area contributed by atoms with Crippen LogP contribution in [0.2, 0.25) is 0 Å². The maximum absolute atomic E-state index is 13.8. The van der Waals surface area contributed by atoms with Gasteiger partial charge in [0.2, 0.25) is 5.91 Å². The minimum Gasteiger partial charge on any atom is -0.510 e. The summed E-state index contributed by atoms with van der Waals surface area (Å²) in [5.41, 5.74) is 5.02. The Kier molecular flexibility index (Phi) is 5.82. The van der Waals surface area contributed by atoms with Crippen LogP contribution in [0.5, 0.6) is 5.75 Å². The van der Waals surface area contributed by atoms with E-state index in [0.717, 1.165) is 0 Å². The van der Waals surface area contributed by atoms with Crippen molar-refractivity contribution in [3.8, 4) is 16.2 Å². The van der Waals surface area contributed by atoms with E-state index in [-0.39, 0.29) is 46.8 Å². The van der Waals surface area contributed by atoms with E-state index in [9.17, 15) is 34.8 Å². The highest BCUT2D eigenvalue weighted by molar-refractivity contribution is 7.14. The second-order valence-electron chi connectivity index (χ2n) is 10.3. The van der Waals surface area contributed by atoms with Gasteiger partial charge in [-0.3, -0.25) is 19.3 Å². The zero-order valence-electron chi connectivity index (χ0n) is 20.6. The number of primary amides is 1. The van der Waals surface area contributed by atoms with E-state index in [1.807, 2.05) is 0 Å². The van der Waals surface area contributed by atoms with Crippen LogP contribution in [-0.2, 0) is 11.2 Å². The first-order valence-electron chi connectivity index (χ1n) is 11.9. The monoisotopic (exact) mass is 524 g/mol. The SMILES string of the molecule is CC(=O)c1ccsc1-c1ccc(O)c2c1CC1CC3C(N(C)C)C(O)=C(C(N)=O)CC3(O)C(O)=C1C2=O. The average Bonchev–Trinajstić information content (AvgIpc) is 3.30. The number of ketones is 2. The molecule has 1 aromatic heterocycles. The molecule has 1 heterocycles. The highest BCUT2D eigenvalue weighted by atomic mass is 32.1. The second-order valence-corrected chi connectivity index (χ2v) is 11.2. The van der Waals surface area contributed by atoms with Gasteiger partial charge in [0.1, 0.15) is 22.9 Å².